The zero-order valence-corrected chi connectivity index (χ0v) is 18.7. The van der Waals surface area contributed by atoms with Crippen LogP contribution in [-0.4, -0.2) is 34.2 Å². The van der Waals surface area contributed by atoms with Gasteiger partial charge in [0.05, 0.1) is 24.8 Å². The Morgan fingerprint density at radius 3 is 2.44 bits per heavy atom. The van der Waals surface area contributed by atoms with Crippen LogP contribution in [0.1, 0.15) is 36.2 Å². The zero-order valence-electron chi connectivity index (χ0n) is 18.7. The summed E-state index contributed by atoms with van der Waals surface area (Å²) >= 11 is 0. The summed E-state index contributed by atoms with van der Waals surface area (Å²) in [6.07, 6.45) is 1.64. The number of nitrogen functional groups attached to an aromatic ring is 1. The molecule has 4 aromatic rings. The Kier molecular flexibility index (Phi) is 6.25. The molecule has 7 nitrogen and oxygen atoms in total. The summed E-state index contributed by atoms with van der Waals surface area (Å²) in [6, 6.07) is 15.5. The molecule has 0 aliphatic rings. The zero-order chi connectivity index (χ0) is 22.7. The molecule has 0 bridgehead atoms. The third kappa shape index (κ3) is 4.23. The van der Waals surface area contributed by atoms with Crippen molar-refractivity contribution in [3.05, 3.63) is 59.7 Å². The minimum Gasteiger partial charge on any atom is -0.497 e. The molecule has 4 rings (SSSR count). The highest BCUT2D eigenvalue weighted by Gasteiger charge is 2.25. The molecule has 0 amide bonds. The third-order valence-electron chi connectivity index (χ3n) is 5.77. The SMILES string of the molecule is CCC(C)COC(=O)c1c(N)n(CCc2ccc(OC)cc2)c2nc3ccccc3nc12. The molecule has 1 unspecified atom stereocenters. The number of nitrogens with two attached hydrogens (primary N) is 1. The number of fused-ring (bicyclic) bond motifs is 2. The van der Waals surface area contributed by atoms with Gasteiger partial charge in [0.25, 0.3) is 0 Å². The lowest BCUT2D eigenvalue weighted by molar-refractivity contribution is 0.0450. The molecule has 0 radical (unpaired) electrons. The Balaban J connectivity index is 1.74. The van der Waals surface area contributed by atoms with Gasteiger partial charge in [-0.1, -0.05) is 44.5 Å². The second-order valence-electron chi connectivity index (χ2n) is 8.01. The van der Waals surface area contributed by atoms with Gasteiger partial charge in [0.1, 0.15) is 22.6 Å². The lowest BCUT2D eigenvalue weighted by atomic mass is 10.1. The summed E-state index contributed by atoms with van der Waals surface area (Å²) in [7, 11) is 1.65. The first kappa shape index (κ1) is 21.6. The minimum absolute atomic E-state index is 0.274. The maximum Gasteiger partial charge on any atom is 0.344 e. The number of hydrogen-bond acceptors (Lipinski definition) is 6. The van der Waals surface area contributed by atoms with Crippen LogP contribution in [0.25, 0.3) is 22.2 Å². The molecule has 0 saturated heterocycles. The van der Waals surface area contributed by atoms with E-state index in [4.69, 9.17) is 25.2 Å². The van der Waals surface area contributed by atoms with E-state index in [0.717, 1.165) is 23.3 Å². The first-order valence-corrected chi connectivity index (χ1v) is 10.9. The number of esters is 1. The maximum absolute atomic E-state index is 13.0. The van der Waals surface area contributed by atoms with E-state index in [-0.39, 0.29) is 11.5 Å². The predicted molar refractivity (Wildman–Crippen MR) is 126 cm³/mol. The van der Waals surface area contributed by atoms with Crippen LogP contribution in [0, 0.1) is 5.92 Å². The van der Waals surface area contributed by atoms with E-state index in [1.54, 1.807) is 7.11 Å². The second kappa shape index (κ2) is 9.26. The molecule has 0 saturated carbocycles. The first-order chi connectivity index (χ1) is 15.5. The highest BCUT2D eigenvalue weighted by atomic mass is 16.5. The molecule has 0 aliphatic carbocycles. The average molecular weight is 433 g/mol. The highest BCUT2D eigenvalue weighted by Crippen LogP contribution is 2.29. The maximum atomic E-state index is 13.0. The monoisotopic (exact) mass is 432 g/mol. The van der Waals surface area contributed by atoms with Gasteiger partial charge in [-0.25, -0.2) is 14.8 Å². The normalized spacial score (nSPS) is 12.2. The number of benzene rings is 2. The smallest absolute Gasteiger partial charge is 0.344 e. The average Bonchev–Trinajstić information content (AvgIpc) is 3.09. The van der Waals surface area contributed by atoms with Gasteiger partial charge < -0.3 is 19.8 Å². The summed E-state index contributed by atoms with van der Waals surface area (Å²) in [5, 5.41) is 0. The van der Waals surface area contributed by atoms with Crippen molar-refractivity contribution in [3.8, 4) is 5.75 Å². The van der Waals surface area contributed by atoms with Crippen LogP contribution in [0.2, 0.25) is 0 Å². The van der Waals surface area contributed by atoms with E-state index in [9.17, 15) is 4.79 Å². The van der Waals surface area contributed by atoms with Crippen molar-refractivity contribution in [2.24, 2.45) is 5.92 Å². The van der Waals surface area contributed by atoms with Gasteiger partial charge in [-0.3, -0.25) is 0 Å². The summed E-state index contributed by atoms with van der Waals surface area (Å²) in [5.41, 5.74) is 10.4. The standard InChI is InChI=1S/C25H28N4O3/c1-4-16(2)15-32-25(30)21-22-24(28-20-8-6-5-7-19(20)27-22)29(23(21)26)14-13-17-9-11-18(31-3)12-10-17/h5-12,16H,4,13-15,26H2,1-3H3. The third-order valence-corrected chi connectivity index (χ3v) is 5.77. The largest absolute Gasteiger partial charge is 0.497 e. The van der Waals surface area contributed by atoms with Crippen molar-refractivity contribution in [2.45, 2.75) is 33.2 Å². The van der Waals surface area contributed by atoms with E-state index >= 15 is 0 Å². The molecule has 0 spiro atoms. The van der Waals surface area contributed by atoms with Gasteiger partial charge in [-0.05, 0) is 42.2 Å². The van der Waals surface area contributed by atoms with Crippen LogP contribution in [0.4, 0.5) is 5.82 Å². The van der Waals surface area contributed by atoms with Crippen LogP contribution in [-0.2, 0) is 17.7 Å². The molecule has 0 fully saturated rings. The van der Waals surface area contributed by atoms with Crippen molar-refractivity contribution in [3.63, 3.8) is 0 Å². The fourth-order valence-electron chi connectivity index (χ4n) is 3.59. The summed E-state index contributed by atoms with van der Waals surface area (Å²) in [5.74, 6) is 0.956. The van der Waals surface area contributed by atoms with E-state index in [2.05, 4.69) is 6.92 Å². The quantitative estimate of drug-likeness (QED) is 0.409. The van der Waals surface area contributed by atoms with E-state index in [1.165, 1.54) is 0 Å². The van der Waals surface area contributed by atoms with Crippen LogP contribution in [0.3, 0.4) is 0 Å². The number of hydrogen-bond donors (Lipinski definition) is 1. The number of nitrogens with zero attached hydrogens (tertiary/aromatic N) is 3. The predicted octanol–water partition coefficient (Wildman–Crippen LogP) is 4.62. The number of aromatic nitrogens is 3. The first-order valence-electron chi connectivity index (χ1n) is 10.9. The fraction of sp³-hybridized carbons (Fsp3) is 0.320. The van der Waals surface area contributed by atoms with Crippen molar-refractivity contribution in [1.82, 2.24) is 14.5 Å². The number of carbonyl (C=O) groups is 1. The van der Waals surface area contributed by atoms with Crippen molar-refractivity contribution in [2.75, 3.05) is 19.5 Å². The van der Waals surface area contributed by atoms with E-state index in [0.29, 0.717) is 42.1 Å². The van der Waals surface area contributed by atoms with Gasteiger partial charge >= 0.3 is 5.97 Å². The van der Waals surface area contributed by atoms with Crippen LogP contribution < -0.4 is 10.5 Å². The van der Waals surface area contributed by atoms with Gasteiger partial charge in [0, 0.05) is 6.54 Å². The summed E-state index contributed by atoms with van der Waals surface area (Å²) < 4.78 is 12.7. The Bertz CT molecular complexity index is 1250. The Labute approximate surface area is 187 Å². The molecule has 0 aliphatic heterocycles. The molecule has 1 atom stereocenters. The fourth-order valence-corrected chi connectivity index (χ4v) is 3.59. The molecule has 7 heteroatoms. The van der Waals surface area contributed by atoms with Crippen LogP contribution >= 0.6 is 0 Å². The second-order valence-corrected chi connectivity index (χ2v) is 8.01. The lowest BCUT2D eigenvalue weighted by Gasteiger charge is -2.10. The van der Waals surface area contributed by atoms with E-state index in [1.807, 2.05) is 60.0 Å². The summed E-state index contributed by atoms with van der Waals surface area (Å²) in [4.78, 5) is 22.5. The van der Waals surface area contributed by atoms with Gasteiger partial charge in [-0.15, -0.1) is 0 Å². The molecular weight excluding hydrogens is 404 g/mol. The molecular formula is C25H28N4O3. The number of anilines is 1. The topological polar surface area (TPSA) is 92.3 Å². The molecule has 2 heterocycles. The van der Waals surface area contributed by atoms with Crippen molar-refractivity contribution < 1.29 is 14.3 Å². The molecule has 166 valence electrons. The molecule has 2 aromatic carbocycles. The number of ether oxygens (including phenoxy) is 2. The molecule has 2 N–H and O–H groups in total. The van der Waals surface area contributed by atoms with Crippen molar-refractivity contribution in [1.29, 1.82) is 0 Å². The highest BCUT2D eigenvalue weighted by molar-refractivity contribution is 6.08. The number of para-hydroxylation sites is 2. The number of aryl methyl sites for hydroxylation is 2. The van der Waals surface area contributed by atoms with Crippen LogP contribution in [0.15, 0.2) is 48.5 Å². The Morgan fingerprint density at radius 2 is 1.78 bits per heavy atom. The number of methoxy groups -OCH3 is 1. The Hall–Kier alpha value is -3.61. The molecule has 32 heavy (non-hydrogen) atoms. The minimum atomic E-state index is -0.458. The number of carbonyl (C=O) groups excluding carboxylic acids is 1. The Morgan fingerprint density at radius 1 is 1.09 bits per heavy atom. The van der Waals surface area contributed by atoms with Gasteiger partial charge in [0.2, 0.25) is 0 Å². The van der Waals surface area contributed by atoms with E-state index < -0.39 is 5.97 Å². The number of rotatable bonds is 8. The molecule has 2 aromatic heterocycles. The van der Waals surface area contributed by atoms with Gasteiger partial charge in [-0.2, -0.15) is 0 Å². The lowest BCUT2D eigenvalue weighted by Crippen LogP contribution is -2.14. The van der Waals surface area contributed by atoms with Crippen molar-refractivity contribution >= 4 is 34.0 Å². The van der Waals surface area contributed by atoms with Crippen LogP contribution in [0.5, 0.6) is 5.75 Å². The summed E-state index contributed by atoms with van der Waals surface area (Å²) in [6.45, 7) is 5.01. The van der Waals surface area contributed by atoms with Gasteiger partial charge in [0.15, 0.2) is 5.65 Å².